The van der Waals surface area contributed by atoms with Crippen LogP contribution in [0.3, 0.4) is 0 Å². The number of hydrogen-bond donors (Lipinski definition) is 3. The Morgan fingerprint density at radius 1 is 1.11 bits per heavy atom. The van der Waals surface area contributed by atoms with Gasteiger partial charge in [0.05, 0.1) is 30.3 Å². The van der Waals surface area contributed by atoms with E-state index in [2.05, 4.69) is 10.0 Å². The average molecular weight is 407 g/mol. The Bertz CT molecular complexity index is 1010. The summed E-state index contributed by atoms with van der Waals surface area (Å²) in [6.07, 6.45) is 0.996. The minimum absolute atomic E-state index is 0.0161. The van der Waals surface area contributed by atoms with Crippen LogP contribution in [0, 0.1) is 6.92 Å². The van der Waals surface area contributed by atoms with E-state index < -0.39 is 15.9 Å². The molecule has 8 heteroatoms. The summed E-state index contributed by atoms with van der Waals surface area (Å²) in [7, 11) is -2.16. The van der Waals surface area contributed by atoms with Crippen LogP contribution in [0.15, 0.2) is 30.3 Å². The smallest absolute Gasteiger partial charge is 0.257 e. The number of phenols is 1. The first-order valence-corrected chi connectivity index (χ1v) is 10.5. The fraction of sp³-hybridized carbons (Fsp3) is 0.350. The molecule has 2 aromatic rings. The Kier molecular flexibility index (Phi) is 5.94. The van der Waals surface area contributed by atoms with Crippen LogP contribution >= 0.6 is 0 Å². The molecule has 0 saturated carbocycles. The fourth-order valence-corrected chi connectivity index (χ4v) is 3.34. The lowest BCUT2D eigenvalue weighted by Gasteiger charge is -2.23. The SMILES string of the molecule is COc1ccc(C(=O)Nc2cc(C)cc(C(C)(C)C)c2O)c(NS(C)(=O)=O)c1. The first kappa shape index (κ1) is 21.6. The lowest BCUT2D eigenvalue weighted by molar-refractivity contribution is 0.102. The van der Waals surface area contributed by atoms with Gasteiger partial charge in [-0.1, -0.05) is 26.8 Å². The van der Waals surface area contributed by atoms with E-state index >= 15 is 0 Å². The van der Waals surface area contributed by atoms with Crippen molar-refractivity contribution in [3.05, 3.63) is 47.0 Å². The number of phenolic OH excluding ortho intramolecular Hbond substituents is 1. The maximum atomic E-state index is 12.8. The lowest BCUT2D eigenvalue weighted by atomic mass is 9.85. The molecule has 0 radical (unpaired) electrons. The molecule has 28 heavy (non-hydrogen) atoms. The molecule has 0 heterocycles. The molecule has 0 atom stereocenters. The van der Waals surface area contributed by atoms with Crippen molar-refractivity contribution in [2.45, 2.75) is 33.1 Å². The molecular weight excluding hydrogens is 380 g/mol. The van der Waals surface area contributed by atoms with Gasteiger partial charge in [-0.3, -0.25) is 9.52 Å². The Morgan fingerprint density at radius 2 is 1.75 bits per heavy atom. The third-order valence-electron chi connectivity index (χ3n) is 4.08. The highest BCUT2D eigenvalue weighted by atomic mass is 32.2. The minimum atomic E-state index is -3.61. The van der Waals surface area contributed by atoms with Crippen LogP contribution in [0.5, 0.6) is 11.5 Å². The molecule has 2 aromatic carbocycles. The molecule has 0 aliphatic heterocycles. The number of amides is 1. The van der Waals surface area contributed by atoms with Crippen LogP contribution in [-0.4, -0.2) is 32.8 Å². The highest BCUT2D eigenvalue weighted by Crippen LogP contribution is 2.37. The molecule has 0 aromatic heterocycles. The molecule has 1 amide bonds. The number of anilines is 2. The van der Waals surface area contributed by atoms with Crippen LogP contribution in [0.4, 0.5) is 11.4 Å². The van der Waals surface area contributed by atoms with Crippen LogP contribution < -0.4 is 14.8 Å². The second-order valence-corrected chi connectivity index (χ2v) is 9.45. The van der Waals surface area contributed by atoms with E-state index in [0.29, 0.717) is 11.3 Å². The lowest BCUT2D eigenvalue weighted by Crippen LogP contribution is -2.19. The summed E-state index contributed by atoms with van der Waals surface area (Å²) in [5.74, 6) is -0.178. The summed E-state index contributed by atoms with van der Waals surface area (Å²) >= 11 is 0. The number of hydrogen-bond acceptors (Lipinski definition) is 5. The van der Waals surface area contributed by atoms with E-state index in [1.165, 1.54) is 19.2 Å². The van der Waals surface area contributed by atoms with Crippen molar-refractivity contribution >= 4 is 27.3 Å². The van der Waals surface area contributed by atoms with Gasteiger partial charge < -0.3 is 15.2 Å². The van der Waals surface area contributed by atoms with Gasteiger partial charge in [-0.05, 0) is 36.1 Å². The van der Waals surface area contributed by atoms with Crippen LogP contribution in [-0.2, 0) is 15.4 Å². The largest absolute Gasteiger partial charge is 0.505 e. The van der Waals surface area contributed by atoms with Gasteiger partial charge in [-0.25, -0.2) is 8.42 Å². The van der Waals surface area contributed by atoms with Crippen LogP contribution in [0.1, 0.15) is 42.3 Å². The second-order valence-electron chi connectivity index (χ2n) is 7.70. The van der Waals surface area contributed by atoms with Crippen molar-refractivity contribution in [1.82, 2.24) is 0 Å². The summed E-state index contributed by atoms with van der Waals surface area (Å²) in [6, 6.07) is 7.97. The van der Waals surface area contributed by atoms with Crippen LogP contribution in [0.2, 0.25) is 0 Å². The highest BCUT2D eigenvalue weighted by Gasteiger charge is 2.23. The van der Waals surface area contributed by atoms with Crippen molar-refractivity contribution < 1.29 is 23.1 Å². The molecule has 0 aliphatic rings. The van der Waals surface area contributed by atoms with Gasteiger partial charge in [0, 0.05) is 11.6 Å². The van der Waals surface area contributed by atoms with Crippen LogP contribution in [0.25, 0.3) is 0 Å². The van der Waals surface area contributed by atoms with Gasteiger partial charge in [0.1, 0.15) is 11.5 Å². The number of nitrogens with one attached hydrogen (secondary N) is 2. The van der Waals surface area contributed by atoms with E-state index in [9.17, 15) is 18.3 Å². The number of carbonyl (C=O) groups is 1. The van der Waals surface area contributed by atoms with Crippen molar-refractivity contribution in [2.75, 3.05) is 23.4 Å². The zero-order valence-corrected chi connectivity index (χ0v) is 17.7. The highest BCUT2D eigenvalue weighted by molar-refractivity contribution is 7.92. The second kappa shape index (κ2) is 7.71. The van der Waals surface area contributed by atoms with Crippen molar-refractivity contribution in [3.8, 4) is 11.5 Å². The quantitative estimate of drug-likeness (QED) is 0.658. The average Bonchev–Trinajstić information content (AvgIpc) is 2.55. The molecule has 7 nitrogen and oxygen atoms in total. The maximum Gasteiger partial charge on any atom is 0.257 e. The molecule has 0 saturated heterocycles. The molecule has 0 aliphatic carbocycles. The number of carbonyl (C=O) groups excluding carboxylic acids is 1. The van der Waals surface area contributed by atoms with Crippen molar-refractivity contribution in [2.24, 2.45) is 0 Å². The third-order valence-corrected chi connectivity index (χ3v) is 4.67. The topological polar surface area (TPSA) is 105 Å². The number of ether oxygens (including phenoxy) is 1. The van der Waals surface area contributed by atoms with E-state index in [-0.39, 0.29) is 28.1 Å². The van der Waals surface area contributed by atoms with Gasteiger partial charge in [0.15, 0.2) is 0 Å². The Labute approximate surface area is 165 Å². The predicted octanol–water partition coefficient (Wildman–Crippen LogP) is 3.63. The fourth-order valence-electron chi connectivity index (χ4n) is 2.77. The van der Waals surface area contributed by atoms with E-state index in [1.807, 2.05) is 33.8 Å². The molecule has 0 unspecified atom stereocenters. The molecule has 0 spiro atoms. The molecule has 152 valence electrons. The normalized spacial score (nSPS) is 11.8. The van der Waals surface area contributed by atoms with Crippen molar-refractivity contribution in [3.63, 3.8) is 0 Å². The zero-order valence-electron chi connectivity index (χ0n) is 16.9. The standard InChI is InChI=1S/C20H26N2O5S/c1-12-9-15(20(2,3)4)18(23)17(10-12)21-19(24)14-8-7-13(27-5)11-16(14)22-28(6,25)26/h7-11,22-23H,1-6H3,(H,21,24). The molecule has 2 rings (SSSR count). The number of aryl methyl sites for hydroxylation is 1. The molecule has 3 N–H and O–H groups in total. The number of rotatable bonds is 5. The maximum absolute atomic E-state index is 12.8. The van der Waals surface area contributed by atoms with E-state index in [0.717, 1.165) is 11.8 Å². The minimum Gasteiger partial charge on any atom is -0.505 e. The van der Waals surface area contributed by atoms with Gasteiger partial charge in [-0.2, -0.15) is 0 Å². The number of methoxy groups -OCH3 is 1. The van der Waals surface area contributed by atoms with E-state index in [4.69, 9.17) is 4.74 Å². The summed E-state index contributed by atoms with van der Waals surface area (Å²) in [6.45, 7) is 7.76. The Hall–Kier alpha value is -2.74. The molecule has 0 fully saturated rings. The zero-order chi connectivity index (χ0) is 21.3. The van der Waals surface area contributed by atoms with Gasteiger partial charge in [-0.15, -0.1) is 0 Å². The first-order valence-electron chi connectivity index (χ1n) is 8.63. The summed E-state index contributed by atoms with van der Waals surface area (Å²) in [4.78, 5) is 12.8. The van der Waals surface area contributed by atoms with E-state index in [1.54, 1.807) is 12.1 Å². The van der Waals surface area contributed by atoms with Gasteiger partial charge in [0.2, 0.25) is 10.0 Å². The third kappa shape index (κ3) is 5.16. The summed E-state index contributed by atoms with van der Waals surface area (Å²) in [5, 5.41) is 13.3. The van der Waals surface area contributed by atoms with Gasteiger partial charge >= 0.3 is 0 Å². The molecular formula is C20H26N2O5S. The summed E-state index contributed by atoms with van der Waals surface area (Å²) in [5.41, 5.74) is 1.70. The predicted molar refractivity (Wildman–Crippen MR) is 111 cm³/mol. The summed E-state index contributed by atoms with van der Waals surface area (Å²) < 4.78 is 30.8. The number of sulfonamides is 1. The Balaban J connectivity index is 2.47. The number of benzene rings is 2. The first-order chi connectivity index (χ1) is 12.8. The monoisotopic (exact) mass is 406 g/mol. The Morgan fingerprint density at radius 3 is 2.29 bits per heavy atom. The number of aromatic hydroxyl groups is 1. The van der Waals surface area contributed by atoms with Crippen molar-refractivity contribution in [1.29, 1.82) is 0 Å². The molecule has 0 bridgehead atoms. The van der Waals surface area contributed by atoms with Gasteiger partial charge in [0.25, 0.3) is 5.91 Å².